The summed E-state index contributed by atoms with van der Waals surface area (Å²) in [6.07, 6.45) is -4.83. The van der Waals surface area contributed by atoms with Crippen molar-refractivity contribution in [2.45, 2.75) is 50.2 Å². The van der Waals surface area contributed by atoms with Crippen molar-refractivity contribution in [3.8, 4) is 11.5 Å². The predicted octanol–water partition coefficient (Wildman–Crippen LogP) is -0.716. The van der Waals surface area contributed by atoms with Gasteiger partial charge in [-0.3, -0.25) is 4.79 Å². The third kappa shape index (κ3) is 5.74. The number of phenols is 2. The highest BCUT2D eigenvalue weighted by Gasteiger charge is 2.55. The zero-order valence-corrected chi connectivity index (χ0v) is 20.1. The molecular weight excluding hydrogens is 492 g/mol. The predicted molar refractivity (Wildman–Crippen MR) is 124 cm³/mol. The van der Waals surface area contributed by atoms with Crippen LogP contribution in [-0.4, -0.2) is 99.2 Å². The highest BCUT2D eigenvalue weighted by atomic mass is 16.7. The first-order valence-electron chi connectivity index (χ1n) is 12.1. The number of aliphatic hydroxyl groups excluding tert-OH is 4. The topological polar surface area (TPSA) is 192 Å². The Labute approximate surface area is 212 Å². The van der Waals surface area contributed by atoms with Gasteiger partial charge in [0.05, 0.1) is 12.5 Å². The summed E-state index contributed by atoms with van der Waals surface area (Å²) >= 11 is 0. The molecule has 0 radical (unpaired) electrons. The van der Waals surface area contributed by atoms with Crippen LogP contribution in [-0.2, 0) is 28.5 Å². The summed E-state index contributed by atoms with van der Waals surface area (Å²) in [5.74, 6) is -2.86. The molecule has 12 heteroatoms. The standard InChI is InChI=1S/C25H32O12/c1-11-6-17-20(13(11)8-26)14(24(33)36-17)9-35-25-23(32)22(31)21(30)18(37-25)10-34-19(29)5-3-12-2-4-15(27)16(28)7-12/h2-5,7,11,13-14,17-18,20-23,25-28,30-32H,6,8-10H2,1H3/b5-3+/t11-,13+,14+,17-,18+,20-,21+,22-,23+,25+/m0/s1. The van der Waals surface area contributed by atoms with Crippen molar-refractivity contribution in [1.82, 2.24) is 0 Å². The first-order chi connectivity index (χ1) is 17.6. The fourth-order valence-corrected chi connectivity index (χ4v) is 5.32. The minimum absolute atomic E-state index is 0.0985. The molecule has 1 aromatic rings. The van der Waals surface area contributed by atoms with Crippen molar-refractivity contribution >= 4 is 18.0 Å². The highest BCUT2D eigenvalue weighted by Crippen LogP contribution is 2.47. The Morgan fingerprint density at radius 3 is 2.57 bits per heavy atom. The minimum Gasteiger partial charge on any atom is -0.504 e. The van der Waals surface area contributed by atoms with E-state index in [-0.39, 0.29) is 48.6 Å². The second-order valence-electron chi connectivity index (χ2n) is 9.78. The Hall–Kier alpha value is -2.74. The lowest BCUT2D eigenvalue weighted by molar-refractivity contribution is -0.303. The summed E-state index contributed by atoms with van der Waals surface area (Å²) in [5.41, 5.74) is 0.418. The van der Waals surface area contributed by atoms with Gasteiger partial charge >= 0.3 is 11.9 Å². The van der Waals surface area contributed by atoms with Gasteiger partial charge in [0, 0.05) is 18.6 Å². The molecule has 1 saturated carbocycles. The van der Waals surface area contributed by atoms with E-state index in [9.17, 15) is 40.2 Å². The van der Waals surface area contributed by atoms with Crippen LogP contribution in [0.15, 0.2) is 24.3 Å². The van der Waals surface area contributed by atoms with Gasteiger partial charge in [-0.2, -0.15) is 0 Å². The zero-order valence-electron chi connectivity index (χ0n) is 20.1. The number of benzene rings is 1. The summed E-state index contributed by atoms with van der Waals surface area (Å²) in [4.78, 5) is 24.5. The van der Waals surface area contributed by atoms with Crippen molar-refractivity contribution in [1.29, 1.82) is 0 Å². The molecule has 0 amide bonds. The molecule has 2 aliphatic heterocycles. The van der Waals surface area contributed by atoms with E-state index in [0.29, 0.717) is 12.0 Å². The number of hydrogen-bond acceptors (Lipinski definition) is 12. The summed E-state index contributed by atoms with van der Waals surface area (Å²) in [7, 11) is 0. The molecule has 37 heavy (non-hydrogen) atoms. The Bertz CT molecular complexity index is 1010. The summed E-state index contributed by atoms with van der Waals surface area (Å²) in [5, 5.41) is 59.5. The van der Waals surface area contributed by atoms with E-state index < -0.39 is 55.2 Å². The van der Waals surface area contributed by atoms with E-state index in [0.717, 1.165) is 6.08 Å². The Balaban J connectivity index is 1.33. The molecule has 4 rings (SSSR count). The molecule has 204 valence electrons. The quantitative estimate of drug-likeness (QED) is 0.142. The highest BCUT2D eigenvalue weighted by molar-refractivity contribution is 5.87. The van der Waals surface area contributed by atoms with E-state index >= 15 is 0 Å². The van der Waals surface area contributed by atoms with Crippen molar-refractivity contribution in [2.75, 3.05) is 19.8 Å². The molecule has 1 aliphatic carbocycles. The third-order valence-electron chi connectivity index (χ3n) is 7.41. The molecular formula is C25H32O12. The molecule has 3 aliphatic rings. The van der Waals surface area contributed by atoms with Gasteiger partial charge in [0.25, 0.3) is 0 Å². The largest absolute Gasteiger partial charge is 0.504 e. The lowest BCUT2D eigenvalue weighted by Gasteiger charge is -2.40. The van der Waals surface area contributed by atoms with Crippen LogP contribution in [0.4, 0.5) is 0 Å². The fourth-order valence-electron chi connectivity index (χ4n) is 5.32. The van der Waals surface area contributed by atoms with Gasteiger partial charge in [0.15, 0.2) is 17.8 Å². The van der Waals surface area contributed by atoms with Gasteiger partial charge in [-0.15, -0.1) is 0 Å². The maximum atomic E-state index is 12.4. The number of aromatic hydroxyl groups is 2. The SMILES string of the molecule is C[C@H]1C[C@@H]2OC(=O)[C@H](CO[C@@H]3O[C@H](COC(=O)/C=C/c4ccc(O)c(O)c4)[C@@H](O)[C@H](O)[C@H]3O)[C@@H]2[C@@H]1CO. The first-order valence-corrected chi connectivity index (χ1v) is 12.1. The van der Waals surface area contributed by atoms with Crippen LogP contribution in [0.3, 0.4) is 0 Å². The lowest BCUT2D eigenvalue weighted by atomic mass is 9.83. The molecule has 0 aromatic heterocycles. The monoisotopic (exact) mass is 524 g/mol. The maximum Gasteiger partial charge on any atom is 0.330 e. The van der Waals surface area contributed by atoms with Crippen LogP contribution in [0.2, 0.25) is 0 Å². The Morgan fingerprint density at radius 1 is 1.11 bits per heavy atom. The first kappa shape index (κ1) is 27.3. The average Bonchev–Trinajstić information content (AvgIpc) is 3.33. The number of ether oxygens (including phenoxy) is 4. The molecule has 0 spiro atoms. The van der Waals surface area contributed by atoms with Crippen LogP contribution in [0.5, 0.6) is 11.5 Å². The number of carbonyl (C=O) groups excluding carboxylic acids is 2. The van der Waals surface area contributed by atoms with Gasteiger partial charge in [-0.05, 0) is 42.0 Å². The number of hydrogen-bond donors (Lipinski definition) is 6. The number of esters is 2. The number of rotatable bonds is 8. The second-order valence-corrected chi connectivity index (χ2v) is 9.78. The molecule has 3 fully saturated rings. The minimum atomic E-state index is -1.67. The van der Waals surface area contributed by atoms with E-state index in [1.165, 1.54) is 24.3 Å². The number of phenolic OH excluding ortho intramolecular Hbond substituents is 2. The molecule has 0 bridgehead atoms. The van der Waals surface area contributed by atoms with Gasteiger partial charge in [0.2, 0.25) is 0 Å². The third-order valence-corrected chi connectivity index (χ3v) is 7.41. The van der Waals surface area contributed by atoms with Crippen molar-refractivity contribution in [2.24, 2.45) is 23.7 Å². The van der Waals surface area contributed by atoms with Crippen LogP contribution < -0.4 is 0 Å². The average molecular weight is 525 g/mol. The Kier molecular flexibility index (Phi) is 8.36. The molecule has 0 unspecified atom stereocenters. The van der Waals surface area contributed by atoms with Crippen molar-refractivity contribution < 1.29 is 59.2 Å². The van der Waals surface area contributed by atoms with E-state index in [1.54, 1.807) is 0 Å². The molecule has 12 nitrogen and oxygen atoms in total. The van der Waals surface area contributed by atoms with Crippen LogP contribution in [0.25, 0.3) is 6.08 Å². The number of aliphatic hydroxyl groups is 4. The summed E-state index contributed by atoms with van der Waals surface area (Å²) in [6.45, 7) is 1.21. The van der Waals surface area contributed by atoms with E-state index in [4.69, 9.17) is 18.9 Å². The van der Waals surface area contributed by atoms with Crippen molar-refractivity contribution in [3.63, 3.8) is 0 Å². The summed E-state index contributed by atoms with van der Waals surface area (Å²) < 4.78 is 21.7. The lowest BCUT2D eigenvalue weighted by Crippen LogP contribution is -2.59. The smallest absolute Gasteiger partial charge is 0.330 e. The number of fused-ring (bicyclic) bond motifs is 1. The van der Waals surface area contributed by atoms with Gasteiger partial charge in [-0.1, -0.05) is 13.0 Å². The van der Waals surface area contributed by atoms with Gasteiger partial charge < -0.3 is 49.6 Å². The van der Waals surface area contributed by atoms with Crippen molar-refractivity contribution in [3.05, 3.63) is 29.8 Å². The van der Waals surface area contributed by atoms with Crippen LogP contribution in [0.1, 0.15) is 18.9 Å². The van der Waals surface area contributed by atoms with Gasteiger partial charge in [0.1, 0.15) is 37.1 Å². The van der Waals surface area contributed by atoms with E-state index in [1.807, 2.05) is 6.92 Å². The zero-order chi connectivity index (χ0) is 26.9. The summed E-state index contributed by atoms with van der Waals surface area (Å²) in [6, 6.07) is 3.95. The van der Waals surface area contributed by atoms with Crippen LogP contribution >= 0.6 is 0 Å². The molecule has 1 aromatic carbocycles. The molecule has 10 atom stereocenters. The normalized spacial score (nSPS) is 37.5. The molecule has 2 heterocycles. The second kappa shape index (κ2) is 11.3. The molecule has 2 saturated heterocycles. The van der Waals surface area contributed by atoms with Crippen LogP contribution in [0, 0.1) is 23.7 Å². The number of carbonyl (C=O) groups is 2. The van der Waals surface area contributed by atoms with E-state index in [2.05, 4.69) is 0 Å². The van der Waals surface area contributed by atoms with Gasteiger partial charge in [-0.25, -0.2) is 4.79 Å². The fraction of sp³-hybridized carbons (Fsp3) is 0.600. The Morgan fingerprint density at radius 2 is 1.86 bits per heavy atom. The molecule has 6 N–H and O–H groups in total. The maximum absolute atomic E-state index is 12.4.